The molecule has 5 rings (SSSR count). The number of rotatable bonds is 2. The number of anilines is 1. The monoisotopic (exact) mass is 384 g/mol. The quantitative estimate of drug-likeness (QED) is 0.620. The van der Waals surface area contributed by atoms with Gasteiger partial charge in [-0.3, -0.25) is 14.4 Å². The van der Waals surface area contributed by atoms with Crippen LogP contribution in [0.4, 0.5) is 5.69 Å². The van der Waals surface area contributed by atoms with Crippen LogP contribution in [0.3, 0.4) is 0 Å². The van der Waals surface area contributed by atoms with Crippen LogP contribution in [0.25, 0.3) is 10.8 Å². The van der Waals surface area contributed by atoms with Crippen molar-refractivity contribution in [2.75, 3.05) is 18.0 Å². The highest BCUT2D eigenvalue weighted by Crippen LogP contribution is 2.34. The topological polar surface area (TPSA) is 57.7 Å². The van der Waals surface area contributed by atoms with Crippen molar-refractivity contribution in [3.05, 3.63) is 77.4 Å². The van der Waals surface area contributed by atoms with Crippen LogP contribution < -0.4 is 4.90 Å². The molecule has 0 unspecified atom stereocenters. The molecule has 2 aliphatic rings. The van der Waals surface area contributed by atoms with Gasteiger partial charge in [0, 0.05) is 29.6 Å². The highest BCUT2D eigenvalue weighted by Gasteiger charge is 2.36. The van der Waals surface area contributed by atoms with Crippen LogP contribution in [-0.4, -0.2) is 35.7 Å². The number of hydrogen-bond donors (Lipinski definition) is 0. The third-order valence-electron chi connectivity index (χ3n) is 5.79. The molecule has 3 aromatic rings. The smallest absolute Gasteiger partial charge is 0.266 e. The molecule has 0 radical (unpaired) electrons. The van der Waals surface area contributed by atoms with Crippen molar-refractivity contribution in [1.82, 2.24) is 4.90 Å². The van der Waals surface area contributed by atoms with Crippen LogP contribution in [-0.2, 0) is 0 Å². The van der Waals surface area contributed by atoms with Gasteiger partial charge in [0.25, 0.3) is 17.7 Å². The number of imide groups is 1. The van der Waals surface area contributed by atoms with Gasteiger partial charge in [-0.1, -0.05) is 36.4 Å². The number of carbonyl (C=O) groups excluding carboxylic acids is 3. The van der Waals surface area contributed by atoms with E-state index in [1.165, 1.54) is 0 Å². The summed E-state index contributed by atoms with van der Waals surface area (Å²) < 4.78 is 0. The van der Waals surface area contributed by atoms with E-state index >= 15 is 0 Å². The zero-order chi connectivity index (χ0) is 20.0. The van der Waals surface area contributed by atoms with Crippen molar-refractivity contribution in [3.63, 3.8) is 0 Å². The number of carbonyl (C=O) groups is 3. The minimum absolute atomic E-state index is 0.127. The lowest BCUT2D eigenvalue weighted by molar-refractivity contribution is 0.0725. The third kappa shape index (κ3) is 2.73. The summed E-state index contributed by atoms with van der Waals surface area (Å²) in [5, 5.41) is 1.54. The minimum Gasteiger partial charge on any atom is -0.339 e. The maximum Gasteiger partial charge on any atom is 0.266 e. The molecule has 0 spiro atoms. The maximum absolute atomic E-state index is 13.3. The van der Waals surface area contributed by atoms with E-state index < -0.39 is 11.8 Å². The Kier molecular flexibility index (Phi) is 4.16. The number of piperidine rings is 1. The van der Waals surface area contributed by atoms with Gasteiger partial charge < -0.3 is 4.90 Å². The van der Waals surface area contributed by atoms with Crippen molar-refractivity contribution in [2.24, 2.45) is 0 Å². The van der Waals surface area contributed by atoms with Crippen molar-refractivity contribution in [3.8, 4) is 0 Å². The molecule has 0 N–H and O–H groups in total. The zero-order valence-electron chi connectivity index (χ0n) is 15.9. The average molecular weight is 384 g/mol. The second-order valence-corrected chi connectivity index (χ2v) is 7.52. The van der Waals surface area contributed by atoms with Crippen LogP contribution in [0, 0.1) is 0 Å². The Morgan fingerprint density at radius 3 is 2.00 bits per heavy atom. The third-order valence-corrected chi connectivity index (χ3v) is 5.79. The molecule has 144 valence electrons. The molecule has 0 atom stereocenters. The van der Waals surface area contributed by atoms with Gasteiger partial charge in [0.15, 0.2) is 0 Å². The van der Waals surface area contributed by atoms with Gasteiger partial charge in [-0.15, -0.1) is 0 Å². The van der Waals surface area contributed by atoms with E-state index in [-0.39, 0.29) is 5.91 Å². The first-order valence-corrected chi connectivity index (χ1v) is 9.95. The van der Waals surface area contributed by atoms with Crippen molar-refractivity contribution >= 4 is 34.2 Å². The summed E-state index contributed by atoms with van der Waals surface area (Å²) in [5.41, 5.74) is 1.71. The molecule has 2 aliphatic heterocycles. The lowest BCUT2D eigenvalue weighted by Gasteiger charge is -2.31. The van der Waals surface area contributed by atoms with E-state index in [9.17, 15) is 14.4 Å². The van der Waals surface area contributed by atoms with Crippen LogP contribution in [0.2, 0.25) is 0 Å². The van der Waals surface area contributed by atoms with Crippen molar-refractivity contribution in [2.45, 2.75) is 19.3 Å². The van der Waals surface area contributed by atoms with Crippen molar-refractivity contribution in [1.29, 1.82) is 0 Å². The summed E-state index contributed by atoms with van der Waals surface area (Å²) in [6.07, 6.45) is 3.07. The van der Waals surface area contributed by atoms with Gasteiger partial charge in [-0.2, -0.15) is 0 Å². The van der Waals surface area contributed by atoms with E-state index in [2.05, 4.69) is 0 Å². The van der Waals surface area contributed by atoms with E-state index in [1.807, 2.05) is 29.2 Å². The van der Waals surface area contributed by atoms with Gasteiger partial charge in [0.2, 0.25) is 0 Å². The Morgan fingerprint density at radius 1 is 0.724 bits per heavy atom. The fraction of sp³-hybridized carbons (Fsp3) is 0.208. The lowest BCUT2D eigenvalue weighted by atomic mass is 9.93. The molecule has 3 amide bonds. The molecule has 0 saturated carbocycles. The van der Waals surface area contributed by atoms with Gasteiger partial charge in [0.1, 0.15) is 0 Å². The lowest BCUT2D eigenvalue weighted by Crippen LogP contribution is -2.42. The highest BCUT2D eigenvalue weighted by molar-refractivity contribution is 6.36. The number of benzene rings is 3. The highest BCUT2D eigenvalue weighted by atomic mass is 16.2. The summed E-state index contributed by atoms with van der Waals surface area (Å²) >= 11 is 0. The Morgan fingerprint density at radius 2 is 1.34 bits per heavy atom. The minimum atomic E-state index is -0.391. The first-order chi connectivity index (χ1) is 14.2. The molecule has 5 nitrogen and oxygen atoms in total. The number of hydrogen-bond acceptors (Lipinski definition) is 3. The molecule has 0 bridgehead atoms. The fourth-order valence-electron chi connectivity index (χ4n) is 4.37. The van der Waals surface area contributed by atoms with E-state index in [0.29, 0.717) is 40.9 Å². The molecule has 29 heavy (non-hydrogen) atoms. The van der Waals surface area contributed by atoms with Crippen LogP contribution in [0.1, 0.15) is 50.3 Å². The normalized spacial score (nSPS) is 16.4. The van der Waals surface area contributed by atoms with Gasteiger partial charge in [-0.25, -0.2) is 4.90 Å². The number of amides is 3. The molecule has 5 heteroatoms. The van der Waals surface area contributed by atoms with E-state index in [1.54, 1.807) is 36.4 Å². The zero-order valence-corrected chi connectivity index (χ0v) is 15.9. The van der Waals surface area contributed by atoms with Gasteiger partial charge in [-0.05, 0) is 48.9 Å². The summed E-state index contributed by atoms with van der Waals surface area (Å²) in [6.45, 7) is 1.41. The number of nitrogens with zero attached hydrogens (tertiary/aromatic N) is 2. The molecule has 1 fully saturated rings. The van der Waals surface area contributed by atoms with E-state index in [4.69, 9.17) is 0 Å². The Balaban J connectivity index is 1.63. The second-order valence-electron chi connectivity index (χ2n) is 7.52. The molecule has 2 heterocycles. The van der Waals surface area contributed by atoms with Crippen LogP contribution in [0.5, 0.6) is 0 Å². The second kappa shape index (κ2) is 6.85. The summed E-state index contributed by atoms with van der Waals surface area (Å²) in [4.78, 5) is 42.9. The molecule has 3 aromatic carbocycles. The first kappa shape index (κ1) is 17.6. The standard InChI is InChI=1S/C24H20N2O3/c27-22(25-14-4-1-5-15-25)17-10-2-3-13-20(17)26-23(28)18-11-6-8-16-9-7-12-19(21(16)18)24(26)29/h2-3,6-13H,1,4-5,14-15H2. The van der Waals surface area contributed by atoms with E-state index in [0.717, 1.165) is 29.5 Å². The van der Waals surface area contributed by atoms with Crippen LogP contribution >= 0.6 is 0 Å². The summed E-state index contributed by atoms with van der Waals surface area (Å²) in [5.74, 6) is -0.908. The summed E-state index contributed by atoms with van der Waals surface area (Å²) in [7, 11) is 0. The Bertz CT molecular complexity index is 1110. The first-order valence-electron chi connectivity index (χ1n) is 9.95. The Labute approximate surface area is 168 Å². The SMILES string of the molecule is O=C(c1ccccc1N1C(=O)c2cccc3cccc(c23)C1=O)N1CCCCC1. The van der Waals surface area contributed by atoms with Gasteiger partial charge >= 0.3 is 0 Å². The largest absolute Gasteiger partial charge is 0.339 e. The average Bonchev–Trinajstić information content (AvgIpc) is 2.78. The molecule has 0 aliphatic carbocycles. The molecule has 1 saturated heterocycles. The fourth-order valence-corrected chi connectivity index (χ4v) is 4.37. The number of para-hydroxylation sites is 1. The van der Waals surface area contributed by atoms with Gasteiger partial charge in [0.05, 0.1) is 11.3 Å². The molecular formula is C24H20N2O3. The predicted octanol–water partition coefficient (Wildman–Crippen LogP) is 4.27. The maximum atomic E-state index is 13.3. The molecule has 0 aromatic heterocycles. The molecular weight excluding hydrogens is 364 g/mol. The van der Waals surface area contributed by atoms with Crippen LogP contribution in [0.15, 0.2) is 60.7 Å². The predicted molar refractivity (Wildman–Crippen MR) is 111 cm³/mol. The van der Waals surface area contributed by atoms with Crippen molar-refractivity contribution < 1.29 is 14.4 Å². The summed E-state index contributed by atoms with van der Waals surface area (Å²) in [6, 6.07) is 17.8. The number of likely N-dealkylation sites (tertiary alicyclic amines) is 1. The Hall–Kier alpha value is -3.47.